The molecule has 0 bridgehead atoms. The van der Waals surface area contributed by atoms with Crippen molar-refractivity contribution in [2.24, 2.45) is 0 Å². The molecule has 7 nitrogen and oxygen atoms in total. The Morgan fingerprint density at radius 1 is 1.06 bits per heavy atom. The molecule has 2 fully saturated rings. The molecule has 0 radical (unpaired) electrons. The molecule has 0 saturated carbocycles. The van der Waals surface area contributed by atoms with E-state index < -0.39 is 4.87 Å². The van der Waals surface area contributed by atoms with E-state index in [1.807, 2.05) is 0 Å². The van der Waals surface area contributed by atoms with Gasteiger partial charge in [-0.2, -0.15) is 0 Å². The monoisotopic (exact) mass is 445 g/mol. The highest BCUT2D eigenvalue weighted by molar-refractivity contribution is 8.02. The Labute approximate surface area is 184 Å². The Bertz CT molecular complexity index is 955. The topological polar surface area (TPSA) is 71.1 Å². The lowest BCUT2D eigenvalue weighted by Crippen LogP contribution is -2.53. The summed E-state index contributed by atoms with van der Waals surface area (Å²) >= 11 is 1.60. The number of amides is 3. The van der Waals surface area contributed by atoms with Gasteiger partial charge in [0, 0.05) is 42.7 Å². The first kappa shape index (κ1) is 21.3. The maximum Gasteiger partial charge on any atom is 0.321 e. The number of thioether (sulfide) groups is 1. The van der Waals surface area contributed by atoms with Crippen molar-refractivity contribution in [3.05, 3.63) is 48.3 Å². The Balaban J connectivity index is 1.45. The summed E-state index contributed by atoms with van der Waals surface area (Å²) in [6, 6.07) is 11.0. The highest BCUT2D eigenvalue weighted by Gasteiger charge is 2.49. The summed E-state index contributed by atoms with van der Waals surface area (Å²) in [6.07, 6.45) is 1.27. The zero-order chi connectivity index (χ0) is 22.0. The van der Waals surface area contributed by atoms with Crippen LogP contribution in [-0.2, 0) is 4.79 Å². The molecule has 1 spiro atoms. The van der Waals surface area contributed by atoms with Crippen LogP contribution in [0.5, 0.6) is 11.5 Å². The second-order valence-electron chi connectivity index (χ2n) is 7.46. The molecule has 2 aromatic carbocycles. The molecular formula is C22H24FN3O4S. The predicted octanol–water partition coefficient (Wildman–Crippen LogP) is 3.95. The normalized spacial score (nSPS) is 17.7. The van der Waals surface area contributed by atoms with Gasteiger partial charge < -0.3 is 19.7 Å². The average Bonchev–Trinajstić information content (AvgIpc) is 3.10. The quantitative estimate of drug-likeness (QED) is 0.772. The van der Waals surface area contributed by atoms with Crippen molar-refractivity contribution in [3.8, 4) is 11.5 Å². The minimum absolute atomic E-state index is 0.0120. The van der Waals surface area contributed by atoms with Crippen molar-refractivity contribution < 1.29 is 23.5 Å². The molecule has 0 atom stereocenters. The molecular weight excluding hydrogens is 421 g/mol. The number of rotatable bonds is 4. The van der Waals surface area contributed by atoms with Gasteiger partial charge in [0.2, 0.25) is 5.91 Å². The number of anilines is 2. The first-order valence-electron chi connectivity index (χ1n) is 9.96. The van der Waals surface area contributed by atoms with Crippen molar-refractivity contribution in [1.82, 2.24) is 4.90 Å². The maximum absolute atomic E-state index is 13.3. The summed E-state index contributed by atoms with van der Waals surface area (Å²) < 4.78 is 23.8. The smallest absolute Gasteiger partial charge is 0.321 e. The van der Waals surface area contributed by atoms with E-state index in [4.69, 9.17) is 9.47 Å². The number of urea groups is 1. The van der Waals surface area contributed by atoms with Crippen molar-refractivity contribution in [1.29, 1.82) is 0 Å². The number of carbonyl (C=O) groups excluding carboxylic acids is 2. The lowest BCUT2D eigenvalue weighted by atomic mass is 10.0. The zero-order valence-corrected chi connectivity index (χ0v) is 18.2. The van der Waals surface area contributed by atoms with Crippen LogP contribution in [0.1, 0.15) is 12.8 Å². The van der Waals surface area contributed by atoms with Gasteiger partial charge in [0.25, 0.3) is 0 Å². The highest BCUT2D eigenvalue weighted by Crippen LogP contribution is 2.46. The van der Waals surface area contributed by atoms with Crippen molar-refractivity contribution in [2.45, 2.75) is 17.7 Å². The largest absolute Gasteiger partial charge is 0.497 e. The van der Waals surface area contributed by atoms with Crippen molar-refractivity contribution >= 4 is 35.1 Å². The molecule has 2 saturated heterocycles. The van der Waals surface area contributed by atoms with E-state index in [-0.39, 0.29) is 17.8 Å². The van der Waals surface area contributed by atoms with Gasteiger partial charge in [-0.1, -0.05) is 0 Å². The van der Waals surface area contributed by atoms with E-state index in [0.29, 0.717) is 54.6 Å². The zero-order valence-electron chi connectivity index (χ0n) is 17.4. The Morgan fingerprint density at radius 2 is 1.68 bits per heavy atom. The maximum atomic E-state index is 13.3. The summed E-state index contributed by atoms with van der Waals surface area (Å²) in [5, 5.41) is 2.90. The number of likely N-dealkylation sites (tertiary alicyclic amines) is 1. The third-order valence-corrected chi connectivity index (χ3v) is 7.16. The standard InChI is InChI=1S/C22H24FN3O4S/c1-29-18-11-16(12-19(13-18)30-2)24-21(28)25-9-7-22(8-10-25)26(20(27)14-31-22)17-5-3-15(23)4-6-17/h3-6,11-13H,7-10,14H2,1-2H3,(H,24,28). The lowest BCUT2D eigenvalue weighted by Gasteiger charge is -2.43. The van der Waals surface area contributed by atoms with Gasteiger partial charge in [0.05, 0.1) is 24.8 Å². The molecule has 2 aliphatic rings. The summed E-state index contributed by atoms with van der Waals surface area (Å²) in [5.74, 6) is 1.23. The van der Waals surface area contributed by atoms with E-state index in [0.717, 1.165) is 0 Å². The fraction of sp³-hybridized carbons (Fsp3) is 0.364. The fourth-order valence-corrected chi connectivity index (χ4v) is 5.36. The van der Waals surface area contributed by atoms with Gasteiger partial charge >= 0.3 is 6.03 Å². The number of ether oxygens (including phenoxy) is 2. The van der Waals surface area contributed by atoms with Crippen LogP contribution in [0.25, 0.3) is 0 Å². The first-order chi connectivity index (χ1) is 14.9. The van der Waals surface area contributed by atoms with Crippen LogP contribution < -0.4 is 19.7 Å². The summed E-state index contributed by atoms with van der Waals surface area (Å²) in [6.45, 7) is 1.01. The van der Waals surface area contributed by atoms with Crippen LogP contribution in [0.3, 0.4) is 0 Å². The number of benzene rings is 2. The van der Waals surface area contributed by atoms with Gasteiger partial charge in [-0.05, 0) is 37.1 Å². The van der Waals surface area contributed by atoms with Gasteiger partial charge in [-0.15, -0.1) is 11.8 Å². The third kappa shape index (κ3) is 4.27. The van der Waals surface area contributed by atoms with Gasteiger partial charge in [-0.3, -0.25) is 9.69 Å². The lowest BCUT2D eigenvalue weighted by molar-refractivity contribution is -0.116. The third-order valence-electron chi connectivity index (χ3n) is 5.64. The molecule has 0 unspecified atom stereocenters. The Hall–Kier alpha value is -2.94. The predicted molar refractivity (Wildman–Crippen MR) is 118 cm³/mol. The number of hydrogen-bond acceptors (Lipinski definition) is 5. The molecule has 9 heteroatoms. The van der Waals surface area contributed by atoms with Gasteiger partial charge in [0.15, 0.2) is 0 Å². The molecule has 0 aromatic heterocycles. The number of hydrogen-bond donors (Lipinski definition) is 1. The molecule has 1 N–H and O–H groups in total. The van der Waals surface area contributed by atoms with Gasteiger partial charge in [-0.25, -0.2) is 9.18 Å². The molecule has 2 aliphatic heterocycles. The van der Waals surface area contributed by atoms with E-state index in [2.05, 4.69) is 5.32 Å². The number of halogens is 1. The second-order valence-corrected chi connectivity index (χ2v) is 8.80. The molecule has 2 heterocycles. The number of methoxy groups -OCH3 is 2. The molecule has 4 rings (SSSR count). The molecule has 3 amide bonds. The minimum atomic E-state index is -0.412. The van der Waals surface area contributed by atoms with Crippen LogP contribution in [-0.4, -0.2) is 54.8 Å². The van der Waals surface area contributed by atoms with E-state index >= 15 is 0 Å². The Kier molecular flexibility index (Phi) is 5.95. The van der Waals surface area contributed by atoms with Crippen molar-refractivity contribution in [3.63, 3.8) is 0 Å². The number of nitrogens with one attached hydrogen (secondary N) is 1. The average molecular weight is 446 g/mol. The first-order valence-corrected chi connectivity index (χ1v) is 10.9. The van der Waals surface area contributed by atoms with Gasteiger partial charge in [0.1, 0.15) is 17.3 Å². The SMILES string of the molecule is COc1cc(NC(=O)N2CCC3(CC2)SCC(=O)N3c2ccc(F)cc2)cc(OC)c1. The summed E-state index contributed by atoms with van der Waals surface area (Å²) in [5.41, 5.74) is 1.28. The van der Waals surface area contributed by atoms with Crippen LogP contribution in [0.2, 0.25) is 0 Å². The highest BCUT2D eigenvalue weighted by atomic mass is 32.2. The van der Waals surface area contributed by atoms with Crippen molar-refractivity contribution in [2.75, 3.05) is 43.3 Å². The molecule has 0 aliphatic carbocycles. The minimum Gasteiger partial charge on any atom is -0.497 e. The van der Waals surface area contributed by atoms with Crippen LogP contribution >= 0.6 is 11.8 Å². The number of nitrogens with zero attached hydrogens (tertiary/aromatic N) is 2. The van der Waals surface area contributed by atoms with Crippen LogP contribution in [0.4, 0.5) is 20.6 Å². The summed E-state index contributed by atoms with van der Waals surface area (Å²) in [7, 11) is 3.11. The molecule has 31 heavy (non-hydrogen) atoms. The fourth-order valence-electron chi connectivity index (χ4n) is 4.03. The number of piperidine rings is 1. The van der Waals surface area contributed by atoms with E-state index in [1.54, 1.807) is 66.1 Å². The molecule has 2 aromatic rings. The Morgan fingerprint density at radius 3 is 2.26 bits per heavy atom. The van der Waals surface area contributed by atoms with Crippen LogP contribution in [0.15, 0.2) is 42.5 Å². The number of carbonyl (C=O) groups is 2. The van der Waals surface area contributed by atoms with E-state index in [1.165, 1.54) is 12.1 Å². The van der Waals surface area contributed by atoms with Crippen LogP contribution in [0, 0.1) is 5.82 Å². The molecule has 164 valence electrons. The van der Waals surface area contributed by atoms with E-state index in [9.17, 15) is 14.0 Å². The second kappa shape index (κ2) is 8.66. The summed E-state index contributed by atoms with van der Waals surface area (Å²) in [4.78, 5) is 28.5.